The number of carbonyl (C=O) groups is 2. The number of anilines is 1. The molecule has 0 bridgehead atoms. The van der Waals surface area contributed by atoms with Gasteiger partial charge in [0.2, 0.25) is 0 Å². The van der Waals surface area contributed by atoms with Crippen LogP contribution < -0.4 is 16.8 Å². The lowest BCUT2D eigenvalue weighted by atomic mass is 9.89. The number of nitrogens with one attached hydrogen (secondary N) is 1. The van der Waals surface area contributed by atoms with E-state index in [0.717, 1.165) is 11.1 Å². The van der Waals surface area contributed by atoms with Crippen molar-refractivity contribution < 1.29 is 14.7 Å². The molecule has 2 aromatic carbocycles. The van der Waals surface area contributed by atoms with E-state index in [2.05, 4.69) is 10.4 Å². The summed E-state index contributed by atoms with van der Waals surface area (Å²) < 4.78 is 1.42. The van der Waals surface area contributed by atoms with Gasteiger partial charge in [0.25, 0.3) is 11.8 Å². The molecule has 6 N–H and O–H groups in total. The molecular formula is C25H31N5O3. The average molecular weight is 450 g/mol. The standard InChI is InChI=1S/C25H31N5O3/c1-15-7-5-6-8-18(15)24(33)28-13-16-9-11-17(12-10-16)21-20(23(27)32)22(26)30(29-21)14-19(31)25(2,3)4/h5-12,19,31H,13-14,26H2,1-4H3,(H2,27,32)(H,28,33). The highest BCUT2D eigenvalue weighted by molar-refractivity contribution is 6.03. The van der Waals surface area contributed by atoms with Crippen LogP contribution in [0, 0.1) is 12.3 Å². The normalized spacial score (nSPS) is 12.4. The first-order valence-electron chi connectivity index (χ1n) is 10.8. The van der Waals surface area contributed by atoms with E-state index in [1.54, 1.807) is 18.2 Å². The molecule has 0 saturated heterocycles. The zero-order valence-electron chi connectivity index (χ0n) is 19.4. The number of aliphatic hydroxyl groups is 1. The van der Waals surface area contributed by atoms with Gasteiger partial charge in [-0.1, -0.05) is 63.2 Å². The Bertz CT molecular complexity index is 1160. The molecule has 3 aromatic rings. The Hall–Kier alpha value is -3.65. The largest absolute Gasteiger partial charge is 0.391 e. The Morgan fingerprint density at radius 2 is 1.76 bits per heavy atom. The minimum atomic E-state index is -0.715. The molecule has 1 heterocycles. The van der Waals surface area contributed by atoms with Crippen LogP contribution in [0.1, 0.15) is 52.6 Å². The first-order valence-corrected chi connectivity index (χ1v) is 10.8. The number of amides is 2. The molecule has 1 atom stereocenters. The lowest BCUT2D eigenvalue weighted by Gasteiger charge is -2.25. The molecule has 0 saturated carbocycles. The molecule has 3 rings (SSSR count). The minimum Gasteiger partial charge on any atom is -0.391 e. The Balaban J connectivity index is 1.80. The second kappa shape index (κ2) is 9.46. The third-order valence-electron chi connectivity index (χ3n) is 5.65. The number of primary amides is 1. The fourth-order valence-electron chi connectivity index (χ4n) is 3.38. The van der Waals surface area contributed by atoms with Crippen LogP contribution in [0.3, 0.4) is 0 Å². The van der Waals surface area contributed by atoms with Crippen molar-refractivity contribution in [3.8, 4) is 11.3 Å². The number of nitrogens with two attached hydrogens (primary N) is 2. The van der Waals surface area contributed by atoms with Gasteiger partial charge in [0.15, 0.2) is 0 Å². The summed E-state index contributed by atoms with van der Waals surface area (Å²) in [6.45, 7) is 8.10. The van der Waals surface area contributed by atoms with Crippen LogP contribution in [-0.2, 0) is 13.1 Å². The van der Waals surface area contributed by atoms with Crippen LogP contribution in [0.25, 0.3) is 11.3 Å². The Kier molecular flexibility index (Phi) is 6.88. The van der Waals surface area contributed by atoms with E-state index in [0.29, 0.717) is 23.4 Å². The van der Waals surface area contributed by atoms with Gasteiger partial charge in [-0.15, -0.1) is 0 Å². The Labute approximate surface area is 193 Å². The van der Waals surface area contributed by atoms with Gasteiger partial charge in [-0.25, -0.2) is 4.68 Å². The van der Waals surface area contributed by atoms with Crippen molar-refractivity contribution in [2.45, 2.75) is 46.9 Å². The fraction of sp³-hybridized carbons (Fsp3) is 0.320. The number of nitrogen functional groups attached to an aromatic ring is 1. The van der Waals surface area contributed by atoms with Gasteiger partial charge < -0.3 is 21.9 Å². The Morgan fingerprint density at radius 3 is 2.33 bits per heavy atom. The summed E-state index contributed by atoms with van der Waals surface area (Å²) in [7, 11) is 0. The summed E-state index contributed by atoms with van der Waals surface area (Å²) in [5.41, 5.74) is 14.9. The highest BCUT2D eigenvalue weighted by Crippen LogP contribution is 2.29. The predicted molar refractivity (Wildman–Crippen MR) is 128 cm³/mol. The van der Waals surface area contributed by atoms with Crippen molar-refractivity contribution in [2.24, 2.45) is 11.1 Å². The van der Waals surface area contributed by atoms with E-state index in [1.807, 2.05) is 58.0 Å². The summed E-state index contributed by atoms with van der Waals surface area (Å²) >= 11 is 0. The zero-order chi connectivity index (χ0) is 24.3. The molecule has 8 nitrogen and oxygen atoms in total. The summed E-state index contributed by atoms with van der Waals surface area (Å²) in [6, 6.07) is 14.7. The smallest absolute Gasteiger partial charge is 0.254 e. The van der Waals surface area contributed by atoms with Gasteiger partial charge in [-0.05, 0) is 29.5 Å². The number of nitrogens with zero attached hydrogens (tertiary/aromatic N) is 2. The lowest BCUT2D eigenvalue weighted by Crippen LogP contribution is -2.31. The summed E-state index contributed by atoms with van der Waals surface area (Å²) in [5.74, 6) is -0.707. The van der Waals surface area contributed by atoms with Gasteiger partial charge in [0, 0.05) is 17.7 Å². The maximum absolute atomic E-state index is 12.4. The van der Waals surface area contributed by atoms with Crippen LogP contribution in [0.5, 0.6) is 0 Å². The summed E-state index contributed by atoms with van der Waals surface area (Å²) in [6.07, 6.45) is -0.715. The number of aliphatic hydroxyl groups excluding tert-OH is 1. The van der Waals surface area contributed by atoms with E-state index >= 15 is 0 Å². The van der Waals surface area contributed by atoms with Crippen molar-refractivity contribution in [2.75, 3.05) is 5.73 Å². The first kappa shape index (κ1) is 24.0. The maximum atomic E-state index is 12.4. The molecule has 0 fully saturated rings. The number of aromatic nitrogens is 2. The highest BCUT2D eigenvalue weighted by Gasteiger charge is 2.27. The van der Waals surface area contributed by atoms with Crippen molar-refractivity contribution in [3.05, 3.63) is 70.8 Å². The van der Waals surface area contributed by atoms with Gasteiger partial charge in [-0.2, -0.15) is 5.10 Å². The molecular weight excluding hydrogens is 418 g/mol. The maximum Gasteiger partial charge on any atom is 0.254 e. The predicted octanol–water partition coefficient (Wildman–Crippen LogP) is 2.88. The average Bonchev–Trinajstić information content (AvgIpc) is 3.08. The third kappa shape index (κ3) is 5.40. The summed E-state index contributed by atoms with van der Waals surface area (Å²) in [4.78, 5) is 24.5. The second-order valence-electron chi connectivity index (χ2n) is 9.23. The van der Waals surface area contributed by atoms with Gasteiger partial charge in [0.05, 0.1) is 12.6 Å². The highest BCUT2D eigenvalue weighted by atomic mass is 16.3. The molecule has 2 amide bonds. The van der Waals surface area contributed by atoms with E-state index in [-0.39, 0.29) is 29.2 Å². The van der Waals surface area contributed by atoms with E-state index in [9.17, 15) is 14.7 Å². The second-order valence-corrected chi connectivity index (χ2v) is 9.23. The topological polar surface area (TPSA) is 136 Å². The van der Waals surface area contributed by atoms with Crippen LogP contribution in [0.4, 0.5) is 5.82 Å². The molecule has 0 radical (unpaired) electrons. The van der Waals surface area contributed by atoms with Gasteiger partial charge >= 0.3 is 0 Å². The Morgan fingerprint density at radius 1 is 1.12 bits per heavy atom. The number of aryl methyl sites for hydroxylation is 1. The molecule has 0 spiro atoms. The molecule has 174 valence electrons. The first-order chi connectivity index (χ1) is 15.5. The lowest BCUT2D eigenvalue weighted by molar-refractivity contribution is 0.0457. The van der Waals surface area contributed by atoms with Crippen molar-refractivity contribution in [1.82, 2.24) is 15.1 Å². The van der Waals surface area contributed by atoms with Crippen molar-refractivity contribution in [3.63, 3.8) is 0 Å². The van der Waals surface area contributed by atoms with E-state index < -0.39 is 12.0 Å². The monoisotopic (exact) mass is 449 g/mol. The van der Waals surface area contributed by atoms with Crippen molar-refractivity contribution in [1.29, 1.82) is 0 Å². The molecule has 1 unspecified atom stereocenters. The number of benzene rings is 2. The fourth-order valence-corrected chi connectivity index (χ4v) is 3.38. The number of hydrogen-bond donors (Lipinski definition) is 4. The molecule has 0 aliphatic carbocycles. The molecule has 1 aromatic heterocycles. The summed E-state index contributed by atoms with van der Waals surface area (Å²) in [5, 5.41) is 17.8. The molecule has 0 aliphatic heterocycles. The van der Waals surface area contributed by atoms with Crippen LogP contribution in [-0.4, -0.2) is 32.8 Å². The molecule has 0 aliphatic rings. The van der Waals surface area contributed by atoms with Crippen LogP contribution in [0.15, 0.2) is 48.5 Å². The van der Waals surface area contributed by atoms with Crippen LogP contribution >= 0.6 is 0 Å². The quantitative estimate of drug-likeness (QED) is 0.440. The SMILES string of the molecule is Cc1ccccc1C(=O)NCc1ccc(-c2nn(CC(O)C(C)(C)C)c(N)c2C(N)=O)cc1. The number of hydrogen-bond acceptors (Lipinski definition) is 5. The van der Waals surface area contributed by atoms with Crippen LogP contribution in [0.2, 0.25) is 0 Å². The van der Waals surface area contributed by atoms with Crippen molar-refractivity contribution >= 4 is 17.6 Å². The minimum absolute atomic E-state index is 0.121. The molecule has 8 heteroatoms. The molecule has 33 heavy (non-hydrogen) atoms. The third-order valence-corrected chi connectivity index (χ3v) is 5.65. The van der Waals surface area contributed by atoms with E-state index in [1.165, 1.54) is 4.68 Å². The number of rotatable bonds is 7. The van der Waals surface area contributed by atoms with Gasteiger partial charge in [-0.3, -0.25) is 9.59 Å². The number of carbonyl (C=O) groups excluding carboxylic acids is 2. The zero-order valence-corrected chi connectivity index (χ0v) is 19.4. The van der Waals surface area contributed by atoms with E-state index in [4.69, 9.17) is 11.5 Å². The van der Waals surface area contributed by atoms with Gasteiger partial charge in [0.1, 0.15) is 17.1 Å².